The van der Waals surface area contributed by atoms with Gasteiger partial charge in [0.05, 0.1) is 5.60 Å². The second kappa shape index (κ2) is 5.78. The molecular formula is C18H24BrNO3. The van der Waals surface area contributed by atoms with E-state index in [0.29, 0.717) is 37.8 Å². The van der Waals surface area contributed by atoms with Crippen LogP contribution in [0, 0.1) is 11.8 Å². The van der Waals surface area contributed by atoms with Crippen LogP contribution in [0.15, 0.2) is 28.7 Å². The molecule has 126 valence electrons. The van der Waals surface area contributed by atoms with Crippen LogP contribution in [0.25, 0.3) is 0 Å². The van der Waals surface area contributed by atoms with Crippen LogP contribution in [-0.4, -0.2) is 34.8 Å². The first kappa shape index (κ1) is 16.8. The van der Waals surface area contributed by atoms with Crippen LogP contribution in [-0.2, 0) is 10.3 Å². The summed E-state index contributed by atoms with van der Waals surface area (Å²) in [6.07, 6.45) is 1.18. The van der Waals surface area contributed by atoms with Gasteiger partial charge >= 0.3 is 6.09 Å². The number of carbonyl (C=O) groups is 1. The first-order valence-electron chi connectivity index (χ1n) is 8.13. The van der Waals surface area contributed by atoms with E-state index in [9.17, 15) is 9.90 Å². The number of fused-ring (bicyclic) bond motifs is 1. The SMILES string of the molecule is CC(C)(C)OC(=O)N1C[C@@H]2CC(O)(c3ccc(Br)cc3)C[C@@H]2C1. The highest BCUT2D eigenvalue weighted by molar-refractivity contribution is 9.10. The Balaban J connectivity index is 1.65. The zero-order valence-corrected chi connectivity index (χ0v) is 15.5. The molecule has 1 aromatic rings. The Bertz CT molecular complexity index is 579. The van der Waals surface area contributed by atoms with Crippen molar-refractivity contribution in [3.63, 3.8) is 0 Å². The molecule has 1 aromatic carbocycles. The van der Waals surface area contributed by atoms with Crippen LogP contribution in [0.4, 0.5) is 4.79 Å². The Hall–Kier alpha value is -1.07. The number of aliphatic hydroxyl groups is 1. The predicted octanol–water partition coefficient (Wildman–Crippen LogP) is 3.91. The van der Waals surface area contributed by atoms with Crippen molar-refractivity contribution < 1.29 is 14.6 Å². The number of hydrogen-bond donors (Lipinski definition) is 1. The molecular weight excluding hydrogens is 358 g/mol. The Morgan fingerprint density at radius 3 is 2.22 bits per heavy atom. The maximum absolute atomic E-state index is 12.2. The molecule has 0 aromatic heterocycles. The normalized spacial score (nSPS) is 30.4. The summed E-state index contributed by atoms with van der Waals surface area (Å²) < 4.78 is 6.47. The van der Waals surface area contributed by atoms with Gasteiger partial charge in [0, 0.05) is 17.6 Å². The second-order valence-corrected chi connectivity index (χ2v) is 8.77. The largest absolute Gasteiger partial charge is 0.444 e. The highest BCUT2D eigenvalue weighted by Crippen LogP contribution is 2.49. The summed E-state index contributed by atoms with van der Waals surface area (Å²) in [5, 5.41) is 11.0. The summed E-state index contributed by atoms with van der Waals surface area (Å²) in [6, 6.07) is 7.90. The van der Waals surface area contributed by atoms with E-state index >= 15 is 0 Å². The van der Waals surface area contributed by atoms with Crippen molar-refractivity contribution in [2.45, 2.75) is 44.8 Å². The first-order valence-corrected chi connectivity index (χ1v) is 8.92. The molecule has 1 heterocycles. The van der Waals surface area contributed by atoms with E-state index in [2.05, 4.69) is 15.9 Å². The number of ether oxygens (including phenoxy) is 1. The van der Waals surface area contributed by atoms with E-state index in [1.807, 2.05) is 45.0 Å². The predicted molar refractivity (Wildman–Crippen MR) is 92.1 cm³/mol. The van der Waals surface area contributed by atoms with E-state index in [1.54, 1.807) is 4.90 Å². The third-order valence-electron chi connectivity index (χ3n) is 4.81. The van der Waals surface area contributed by atoms with Gasteiger partial charge in [-0.1, -0.05) is 28.1 Å². The minimum absolute atomic E-state index is 0.237. The number of benzene rings is 1. The van der Waals surface area contributed by atoms with Crippen molar-refractivity contribution in [2.24, 2.45) is 11.8 Å². The molecule has 2 fully saturated rings. The quantitative estimate of drug-likeness (QED) is 0.801. The molecule has 5 heteroatoms. The molecule has 1 unspecified atom stereocenters. The molecule has 0 radical (unpaired) electrons. The minimum Gasteiger partial charge on any atom is -0.444 e. The molecule has 0 spiro atoms. The highest BCUT2D eigenvalue weighted by atomic mass is 79.9. The van der Waals surface area contributed by atoms with Crippen LogP contribution in [0.5, 0.6) is 0 Å². The average Bonchev–Trinajstić information content (AvgIpc) is 2.93. The minimum atomic E-state index is -0.768. The molecule has 1 amide bonds. The smallest absolute Gasteiger partial charge is 0.410 e. The molecule has 4 nitrogen and oxygen atoms in total. The fourth-order valence-electron chi connectivity index (χ4n) is 3.82. The maximum atomic E-state index is 12.2. The van der Waals surface area contributed by atoms with Gasteiger partial charge in [-0.05, 0) is 63.1 Å². The summed E-state index contributed by atoms with van der Waals surface area (Å²) in [4.78, 5) is 14.0. The molecule has 1 aliphatic carbocycles. The topological polar surface area (TPSA) is 49.8 Å². The monoisotopic (exact) mass is 381 g/mol. The molecule has 23 heavy (non-hydrogen) atoms. The lowest BCUT2D eigenvalue weighted by Gasteiger charge is -2.28. The van der Waals surface area contributed by atoms with Gasteiger partial charge in [0.2, 0.25) is 0 Å². The number of halogens is 1. The Labute approximate surface area is 145 Å². The molecule has 3 rings (SSSR count). The summed E-state index contributed by atoms with van der Waals surface area (Å²) >= 11 is 3.43. The number of carbonyl (C=O) groups excluding carboxylic acids is 1. The van der Waals surface area contributed by atoms with Gasteiger partial charge in [-0.25, -0.2) is 4.79 Å². The summed E-state index contributed by atoms with van der Waals surface area (Å²) in [7, 11) is 0. The van der Waals surface area contributed by atoms with Crippen molar-refractivity contribution in [1.29, 1.82) is 0 Å². The summed E-state index contributed by atoms with van der Waals surface area (Å²) in [5.41, 5.74) is -0.262. The molecule has 1 aliphatic heterocycles. The van der Waals surface area contributed by atoms with Crippen LogP contribution < -0.4 is 0 Å². The molecule has 3 atom stereocenters. The van der Waals surface area contributed by atoms with Crippen LogP contribution in [0.3, 0.4) is 0 Å². The van der Waals surface area contributed by atoms with Crippen LogP contribution in [0.2, 0.25) is 0 Å². The van der Waals surface area contributed by atoms with Crippen molar-refractivity contribution in [3.05, 3.63) is 34.3 Å². The Morgan fingerprint density at radius 1 is 1.22 bits per heavy atom. The number of hydrogen-bond acceptors (Lipinski definition) is 3. The second-order valence-electron chi connectivity index (χ2n) is 7.85. The van der Waals surface area contributed by atoms with Gasteiger partial charge in [0.25, 0.3) is 0 Å². The fraction of sp³-hybridized carbons (Fsp3) is 0.611. The average molecular weight is 382 g/mol. The van der Waals surface area contributed by atoms with Crippen molar-refractivity contribution >= 4 is 22.0 Å². The lowest BCUT2D eigenvalue weighted by Crippen LogP contribution is -2.37. The Kier molecular flexibility index (Phi) is 4.21. The van der Waals surface area contributed by atoms with Crippen molar-refractivity contribution in [1.82, 2.24) is 4.90 Å². The number of nitrogens with zero attached hydrogens (tertiary/aromatic N) is 1. The lowest BCUT2D eigenvalue weighted by atomic mass is 9.90. The summed E-state index contributed by atoms with van der Waals surface area (Å²) in [5.74, 6) is 0.687. The highest BCUT2D eigenvalue weighted by Gasteiger charge is 2.50. The first-order chi connectivity index (χ1) is 10.7. The fourth-order valence-corrected chi connectivity index (χ4v) is 4.09. The number of amides is 1. The van der Waals surface area contributed by atoms with Gasteiger partial charge in [-0.3, -0.25) is 0 Å². The molecule has 1 saturated carbocycles. The zero-order chi connectivity index (χ0) is 16.8. The van der Waals surface area contributed by atoms with Gasteiger partial charge in [-0.15, -0.1) is 0 Å². The van der Waals surface area contributed by atoms with Gasteiger partial charge in [0.15, 0.2) is 0 Å². The van der Waals surface area contributed by atoms with Crippen LogP contribution in [0.1, 0.15) is 39.2 Å². The zero-order valence-electron chi connectivity index (χ0n) is 13.9. The number of likely N-dealkylation sites (tertiary alicyclic amines) is 1. The van der Waals surface area contributed by atoms with Crippen molar-refractivity contribution in [2.75, 3.05) is 13.1 Å². The van der Waals surface area contributed by atoms with Crippen molar-refractivity contribution in [3.8, 4) is 0 Å². The molecule has 1 N–H and O–H groups in total. The lowest BCUT2D eigenvalue weighted by molar-refractivity contribution is 0.0155. The van der Waals surface area contributed by atoms with Gasteiger partial charge in [-0.2, -0.15) is 0 Å². The molecule has 0 bridgehead atoms. The number of rotatable bonds is 1. The molecule has 1 saturated heterocycles. The standard InChI is InChI=1S/C18H24BrNO3/c1-17(2,3)23-16(21)20-10-12-8-18(22,9-13(12)11-20)14-4-6-15(19)7-5-14/h4-7,12-13,22H,8-11H2,1-3H3/t12-,13+,18?. The van der Waals surface area contributed by atoms with E-state index < -0.39 is 11.2 Å². The van der Waals surface area contributed by atoms with E-state index in [0.717, 1.165) is 10.0 Å². The van der Waals surface area contributed by atoms with E-state index in [1.165, 1.54) is 0 Å². The van der Waals surface area contributed by atoms with Gasteiger partial charge in [0.1, 0.15) is 5.60 Å². The van der Waals surface area contributed by atoms with Gasteiger partial charge < -0.3 is 14.7 Å². The summed E-state index contributed by atoms with van der Waals surface area (Å²) in [6.45, 7) is 7.01. The third kappa shape index (κ3) is 3.56. The van der Waals surface area contributed by atoms with Crippen LogP contribution >= 0.6 is 15.9 Å². The third-order valence-corrected chi connectivity index (χ3v) is 5.34. The van der Waals surface area contributed by atoms with E-state index in [4.69, 9.17) is 4.74 Å². The Morgan fingerprint density at radius 2 is 1.74 bits per heavy atom. The maximum Gasteiger partial charge on any atom is 0.410 e. The van der Waals surface area contributed by atoms with E-state index in [-0.39, 0.29) is 6.09 Å². The molecule has 2 aliphatic rings.